The Kier molecular flexibility index (Phi) is 4.56. The summed E-state index contributed by atoms with van der Waals surface area (Å²) in [6, 6.07) is 3.11. The van der Waals surface area contributed by atoms with Crippen LogP contribution < -0.4 is 5.32 Å². The number of carbonyl (C=O) groups is 1. The summed E-state index contributed by atoms with van der Waals surface area (Å²) in [7, 11) is 0. The molecule has 0 saturated carbocycles. The number of nitrogens with one attached hydrogen (secondary N) is 1. The number of hydrogen-bond donors (Lipinski definition) is 2. The lowest BCUT2D eigenvalue weighted by Crippen LogP contribution is -2.13. The van der Waals surface area contributed by atoms with Gasteiger partial charge in [0.1, 0.15) is 11.4 Å². The Bertz CT molecular complexity index is 328. The van der Waals surface area contributed by atoms with Crippen molar-refractivity contribution < 1.29 is 14.6 Å². The van der Waals surface area contributed by atoms with Gasteiger partial charge in [-0.25, -0.2) is 9.78 Å². The van der Waals surface area contributed by atoms with Gasteiger partial charge in [-0.15, -0.1) is 0 Å². The van der Waals surface area contributed by atoms with Crippen LogP contribution in [0.4, 0.5) is 5.82 Å². The number of aromatic nitrogens is 1. The highest BCUT2D eigenvalue weighted by Crippen LogP contribution is 2.10. The molecule has 1 aromatic heterocycles. The first kappa shape index (κ1) is 11.5. The number of ether oxygens (including phenoxy) is 1. The molecule has 0 amide bonds. The molecule has 0 atom stereocenters. The van der Waals surface area contributed by atoms with Gasteiger partial charge >= 0.3 is 5.97 Å². The molecule has 0 aromatic carbocycles. The van der Waals surface area contributed by atoms with E-state index in [1.165, 1.54) is 6.07 Å². The molecule has 0 aliphatic rings. The maximum Gasteiger partial charge on any atom is 0.339 e. The first-order valence-electron chi connectivity index (χ1n) is 4.75. The second-order valence-electron chi connectivity index (χ2n) is 2.83. The largest absolute Gasteiger partial charge is 0.478 e. The Morgan fingerprint density at radius 3 is 3.13 bits per heavy atom. The van der Waals surface area contributed by atoms with Gasteiger partial charge in [0.2, 0.25) is 0 Å². The quantitative estimate of drug-likeness (QED) is 0.691. The molecular weight excluding hydrogens is 196 g/mol. The van der Waals surface area contributed by atoms with Gasteiger partial charge in [-0.05, 0) is 19.1 Å². The topological polar surface area (TPSA) is 71.5 Å². The standard InChI is InChI=1S/C10H14N2O3/c1-2-15-7-6-12-9-8(10(13)14)4-3-5-11-9/h3-5H,2,6-7H2,1H3,(H,11,12)(H,13,14). The van der Waals surface area contributed by atoms with Gasteiger partial charge in [0.25, 0.3) is 0 Å². The number of nitrogens with zero attached hydrogens (tertiary/aromatic N) is 1. The van der Waals surface area contributed by atoms with Crippen LogP contribution in [-0.4, -0.2) is 35.8 Å². The van der Waals surface area contributed by atoms with Crippen molar-refractivity contribution in [1.29, 1.82) is 0 Å². The van der Waals surface area contributed by atoms with E-state index in [1.54, 1.807) is 12.3 Å². The van der Waals surface area contributed by atoms with Crippen molar-refractivity contribution in [2.75, 3.05) is 25.1 Å². The van der Waals surface area contributed by atoms with Crippen molar-refractivity contribution in [2.24, 2.45) is 0 Å². The molecule has 0 saturated heterocycles. The summed E-state index contributed by atoms with van der Waals surface area (Å²) in [6.45, 7) is 3.64. The molecule has 0 spiro atoms. The average molecular weight is 210 g/mol. The molecule has 1 aromatic rings. The number of carboxylic acid groups (broad SMARTS) is 1. The summed E-state index contributed by atoms with van der Waals surface area (Å²) in [4.78, 5) is 14.7. The monoisotopic (exact) mass is 210 g/mol. The van der Waals surface area contributed by atoms with E-state index >= 15 is 0 Å². The molecule has 1 heterocycles. The third-order valence-corrected chi connectivity index (χ3v) is 1.78. The van der Waals surface area contributed by atoms with Gasteiger partial charge in [-0.1, -0.05) is 0 Å². The van der Waals surface area contributed by atoms with Crippen LogP contribution in [0.25, 0.3) is 0 Å². The van der Waals surface area contributed by atoms with Crippen LogP contribution >= 0.6 is 0 Å². The normalized spacial score (nSPS) is 9.93. The van der Waals surface area contributed by atoms with Crippen LogP contribution in [0.15, 0.2) is 18.3 Å². The number of anilines is 1. The minimum Gasteiger partial charge on any atom is -0.478 e. The minimum atomic E-state index is -0.984. The van der Waals surface area contributed by atoms with Gasteiger partial charge in [-0.3, -0.25) is 0 Å². The molecular formula is C10H14N2O3. The average Bonchev–Trinajstić information content (AvgIpc) is 2.25. The number of carboxylic acids is 1. The van der Waals surface area contributed by atoms with Gasteiger partial charge in [0, 0.05) is 19.3 Å². The Balaban J connectivity index is 2.56. The van der Waals surface area contributed by atoms with Gasteiger partial charge in [-0.2, -0.15) is 0 Å². The number of hydrogen-bond acceptors (Lipinski definition) is 4. The molecule has 0 aliphatic heterocycles. The molecule has 0 bridgehead atoms. The fourth-order valence-corrected chi connectivity index (χ4v) is 1.10. The van der Waals surface area contributed by atoms with Crippen LogP contribution in [0, 0.1) is 0 Å². The Morgan fingerprint density at radius 1 is 1.67 bits per heavy atom. The van der Waals surface area contributed by atoms with Crippen molar-refractivity contribution in [3.8, 4) is 0 Å². The highest BCUT2D eigenvalue weighted by Gasteiger charge is 2.09. The van der Waals surface area contributed by atoms with E-state index in [-0.39, 0.29) is 5.56 Å². The zero-order chi connectivity index (χ0) is 11.1. The van der Waals surface area contributed by atoms with Gasteiger partial charge in [0.15, 0.2) is 0 Å². The molecule has 0 aliphatic carbocycles. The lowest BCUT2D eigenvalue weighted by Gasteiger charge is -2.07. The van der Waals surface area contributed by atoms with Gasteiger partial charge in [0.05, 0.1) is 6.61 Å². The molecule has 1 rings (SSSR count). The molecule has 82 valence electrons. The predicted molar refractivity (Wildman–Crippen MR) is 56.2 cm³/mol. The molecule has 0 fully saturated rings. The molecule has 5 nitrogen and oxygen atoms in total. The first-order chi connectivity index (χ1) is 7.25. The fourth-order valence-electron chi connectivity index (χ4n) is 1.10. The van der Waals surface area contributed by atoms with E-state index in [2.05, 4.69) is 10.3 Å². The first-order valence-corrected chi connectivity index (χ1v) is 4.75. The van der Waals surface area contributed by atoms with Gasteiger partial charge < -0.3 is 15.2 Å². The van der Waals surface area contributed by atoms with Crippen LogP contribution in [0.3, 0.4) is 0 Å². The summed E-state index contributed by atoms with van der Waals surface area (Å²) < 4.78 is 5.12. The maximum atomic E-state index is 10.8. The summed E-state index contributed by atoms with van der Waals surface area (Å²) in [5.74, 6) is -0.605. The molecule has 0 radical (unpaired) electrons. The highest BCUT2D eigenvalue weighted by molar-refractivity contribution is 5.92. The number of rotatable bonds is 6. The van der Waals surface area contributed by atoms with Crippen molar-refractivity contribution >= 4 is 11.8 Å². The summed E-state index contributed by atoms with van der Waals surface area (Å²) >= 11 is 0. The van der Waals surface area contributed by atoms with Crippen molar-refractivity contribution in [2.45, 2.75) is 6.92 Å². The Morgan fingerprint density at radius 2 is 2.47 bits per heavy atom. The van der Waals surface area contributed by atoms with Crippen LogP contribution in [0.2, 0.25) is 0 Å². The molecule has 5 heteroatoms. The van der Waals surface area contributed by atoms with E-state index in [4.69, 9.17) is 9.84 Å². The van der Waals surface area contributed by atoms with E-state index in [0.717, 1.165) is 0 Å². The van der Waals surface area contributed by atoms with Crippen LogP contribution in [0.5, 0.6) is 0 Å². The minimum absolute atomic E-state index is 0.175. The maximum absolute atomic E-state index is 10.8. The number of pyridine rings is 1. The van der Waals surface area contributed by atoms with E-state index in [0.29, 0.717) is 25.6 Å². The van der Waals surface area contributed by atoms with Crippen LogP contribution in [-0.2, 0) is 4.74 Å². The summed E-state index contributed by atoms with van der Waals surface area (Å²) in [5.41, 5.74) is 0.175. The predicted octanol–water partition coefficient (Wildman–Crippen LogP) is 1.23. The molecule has 0 unspecified atom stereocenters. The van der Waals surface area contributed by atoms with E-state index in [9.17, 15) is 4.79 Å². The van der Waals surface area contributed by atoms with Crippen molar-refractivity contribution in [3.05, 3.63) is 23.9 Å². The summed E-state index contributed by atoms with van der Waals surface area (Å²) in [6.07, 6.45) is 1.55. The molecule has 2 N–H and O–H groups in total. The van der Waals surface area contributed by atoms with E-state index < -0.39 is 5.97 Å². The van der Waals surface area contributed by atoms with E-state index in [1.807, 2.05) is 6.92 Å². The second-order valence-corrected chi connectivity index (χ2v) is 2.83. The number of aromatic carboxylic acids is 1. The molecule has 15 heavy (non-hydrogen) atoms. The van der Waals surface area contributed by atoms with Crippen LogP contribution in [0.1, 0.15) is 17.3 Å². The lowest BCUT2D eigenvalue weighted by molar-refractivity contribution is 0.0697. The highest BCUT2D eigenvalue weighted by atomic mass is 16.5. The second kappa shape index (κ2) is 5.98. The third kappa shape index (κ3) is 3.55. The third-order valence-electron chi connectivity index (χ3n) is 1.78. The zero-order valence-corrected chi connectivity index (χ0v) is 8.56. The van der Waals surface area contributed by atoms with Crippen molar-refractivity contribution in [1.82, 2.24) is 4.98 Å². The lowest BCUT2D eigenvalue weighted by atomic mass is 10.2. The van der Waals surface area contributed by atoms with Crippen molar-refractivity contribution in [3.63, 3.8) is 0 Å². The summed E-state index contributed by atoms with van der Waals surface area (Å²) in [5, 5.41) is 11.8. The zero-order valence-electron chi connectivity index (χ0n) is 8.56. The SMILES string of the molecule is CCOCCNc1ncccc1C(=O)O. The smallest absolute Gasteiger partial charge is 0.339 e. The Hall–Kier alpha value is -1.62. The fraction of sp³-hybridized carbons (Fsp3) is 0.400. The Labute approximate surface area is 88.1 Å².